The molecular weight excluding hydrogens is 156 g/mol. The maximum absolute atomic E-state index is 11.2. The predicted molar refractivity (Wildman–Crippen MR) is 42.4 cm³/mol. The average molecular weight is 164 g/mol. The van der Waals surface area contributed by atoms with E-state index in [1.165, 1.54) is 13.1 Å². The first kappa shape index (κ1) is 7.24. The Morgan fingerprint density at radius 1 is 1.67 bits per heavy atom. The van der Waals surface area contributed by atoms with Crippen molar-refractivity contribution in [3.63, 3.8) is 0 Å². The van der Waals surface area contributed by atoms with Crippen molar-refractivity contribution >= 4 is 11.6 Å². The second kappa shape index (κ2) is 2.04. The highest BCUT2D eigenvalue weighted by Crippen LogP contribution is 2.34. The third kappa shape index (κ3) is 0.753. The highest BCUT2D eigenvalue weighted by molar-refractivity contribution is 6.04. The summed E-state index contributed by atoms with van der Waals surface area (Å²) < 4.78 is 0. The minimum Gasteiger partial charge on any atom is -0.375 e. The summed E-state index contributed by atoms with van der Waals surface area (Å²) in [6, 6.07) is 1.63. The summed E-state index contributed by atoms with van der Waals surface area (Å²) >= 11 is 0. The Balaban J connectivity index is 2.63. The molecule has 4 heteroatoms. The molecule has 4 nitrogen and oxygen atoms in total. The van der Waals surface area contributed by atoms with Gasteiger partial charge in [-0.3, -0.25) is 9.78 Å². The lowest BCUT2D eigenvalue weighted by Gasteiger charge is -2.12. The fourth-order valence-corrected chi connectivity index (χ4v) is 1.28. The third-order valence-corrected chi connectivity index (χ3v) is 2.04. The quantitative estimate of drug-likeness (QED) is 0.577. The molecule has 2 heterocycles. The zero-order chi connectivity index (χ0) is 8.77. The molecule has 1 amide bonds. The molecule has 2 N–H and O–H groups in total. The number of rotatable bonds is 0. The Morgan fingerprint density at radius 3 is 3.08 bits per heavy atom. The zero-order valence-corrected chi connectivity index (χ0v) is 6.53. The molecule has 12 heavy (non-hydrogen) atoms. The first-order valence-electron chi connectivity index (χ1n) is 3.60. The summed E-state index contributed by atoms with van der Waals surface area (Å²) in [5, 5.41) is 12.2. The van der Waals surface area contributed by atoms with Crippen molar-refractivity contribution in [3.05, 3.63) is 24.0 Å². The van der Waals surface area contributed by atoms with Gasteiger partial charge in [0.25, 0.3) is 5.91 Å². The van der Waals surface area contributed by atoms with Gasteiger partial charge in [-0.15, -0.1) is 0 Å². The standard InChI is InChI=1S/C8H8N2O2/c1-8(12)5-2-3-9-4-6(5)10-7(8)11/h2-4,12H,1H3,(H,10,11). The molecule has 0 radical (unpaired) electrons. The molecule has 0 saturated carbocycles. The smallest absolute Gasteiger partial charge is 0.260 e. The number of amides is 1. The van der Waals surface area contributed by atoms with Crippen molar-refractivity contribution in [1.29, 1.82) is 0 Å². The van der Waals surface area contributed by atoms with Crippen molar-refractivity contribution in [3.8, 4) is 0 Å². The molecule has 1 aliphatic heterocycles. The van der Waals surface area contributed by atoms with Gasteiger partial charge in [0, 0.05) is 11.8 Å². The van der Waals surface area contributed by atoms with E-state index in [-0.39, 0.29) is 0 Å². The predicted octanol–water partition coefficient (Wildman–Crippen LogP) is 0.241. The molecule has 0 saturated heterocycles. The van der Waals surface area contributed by atoms with Crippen molar-refractivity contribution in [2.45, 2.75) is 12.5 Å². The molecule has 62 valence electrons. The summed E-state index contributed by atoms with van der Waals surface area (Å²) in [7, 11) is 0. The lowest BCUT2D eigenvalue weighted by molar-refractivity contribution is -0.131. The fourth-order valence-electron chi connectivity index (χ4n) is 1.28. The highest BCUT2D eigenvalue weighted by Gasteiger charge is 2.40. The number of hydrogen-bond acceptors (Lipinski definition) is 3. The minimum absolute atomic E-state index is 0.398. The summed E-state index contributed by atoms with van der Waals surface area (Å²) in [5.41, 5.74) is -0.229. The number of nitrogens with one attached hydrogen (secondary N) is 1. The third-order valence-electron chi connectivity index (χ3n) is 2.04. The second-order valence-corrected chi connectivity index (χ2v) is 2.95. The topological polar surface area (TPSA) is 62.2 Å². The van der Waals surface area contributed by atoms with E-state index in [2.05, 4.69) is 10.3 Å². The number of aromatic nitrogens is 1. The van der Waals surface area contributed by atoms with Gasteiger partial charge in [-0.05, 0) is 13.0 Å². The molecule has 1 aliphatic rings. The van der Waals surface area contributed by atoms with Crippen LogP contribution >= 0.6 is 0 Å². The van der Waals surface area contributed by atoms with E-state index < -0.39 is 11.5 Å². The SMILES string of the molecule is CC1(O)C(=O)Nc2cnccc21. The van der Waals surface area contributed by atoms with Gasteiger partial charge in [0.1, 0.15) is 0 Å². The second-order valence-electron chi connectivity index (χ2n) is 2.95. The van der Waals surface area contributed by atoms with Gasteiger partial charge in [0.05, 0.1) is 11.9 Å². The van der Waals surface area contributed by atoms with Crippen molar-refractivity contribution in [1.82, 2.24) is 4.98 Å². The van der Waals surface area contributed by atoms with E-state index in [4.69, 9.17) is 0 Å². The summed E-state index contributed by atoms with van der Waals surface area (Å²) in [6.07, 6.45) is 3.07. The number of carbonyl (C=O) groups is 1. The van der Waals surface area contributed by atoms with Crippen LogP contribution in [-0.2, 0) is 10.4 Å². The number of aliphatic hydroxyl groups is 1. The minimum atomic E-state index is -1.40. The number of carbonyl (C=O) groups excluding carboxylic acids is 1. The number of anilines is 1. The van der Waals surface area contributed by atoms with Crippen LogP contribution in [0.5, 0.6) is 0 Å². The van der Waals surface area contributed by atoms with Crippen LogP contribution in [0.2, 0.25) is 0 Å². The molecule has 2 rings (SSSR count). The maximum Gasteiger partial charge on any atom is 0.260 e. The Hall–Kier alpha value is -1.42. The molecule has 0 spiro atoms. The molecule has 0 aliphatic carbocycles. The van der Waals surface area contributed by atoms with Crippen LogP contribution in [0, 0.1) is 0 Å². The van der Waals surface area contributed by atoms with E-state index >= 15 is 0 Å². The Morgan fingerprint density at radius 2 is 2.42 bits per heavy atom. The normalized spacial score (nSPS) is 26.7. The zero-order valence-electron chi connectivity index (χ0n) is 6.53. The summed E-state index contributed by atoms with van der Waals surface area (Å²) in [6.45, 7) is 1.47. The summed E-state index contributed by atoms with van der Waals surface area (Å²) in [5.74, 6) is -0.398. The van der Waals surface area contributed by atoms with Crippen LogP contribution in [-0.4, -0.2) is 16.0 Å². The molecule has 1 unspecified atom stereocenters. The van der Waals surface area contributed by atoms with Gasteiger partial charge in [0.15, 0.2) is 5.60 Å². The average Bonchev–Trinajstić information content (AvgIpc) is 2.25. The number of hydrogen-bond donors (Lipinski definition) is 2. The molecular formula is C8H8N2O2. The fraction of sp³-hybridized carbons (Fsp3) is 0.250. The first-order chi connectivity index (χ1) is 5.62. The van der Waals surface area contributed by atoms with Crippen molar-refractivity contribution < 1.29 is 9.90 Å². The van der Waals surface area contributed by atoms with Gasteiger partial charge >= 0.3 is 0 Å². The van der Waals surface area contributed by atoms with Gasteiger partial charge < -0.3 is 10.4 Å². The van der Waals surface area contributed by atoms with Gasteiger partial charge in [-0.25, -0.2) is 0 Å². The molecule has 0 fully saturated rings. The molecule has 1 aromatic rings. The van der Waals surface area contributed by atoms with Crippen LogP contribution in [0.1, 0.15) is 12.5 Å². The molecule has 0 aromatic carbocycles. The van der Waals surface area contributed by atoms with E-state index in [0.717, 1.165) is 0 Å². The van der Waals surface area contributed by atoms with E-state index in [0.29, 0.717) is 11.3 Å². The van der Waals surface area contributed by atoms with E-state index in [1.54, 1.807) is 12.3 Å². The number of pyridine rings is 1. The first-order valence-corrected chi connectivity index (χ1v) is 3.60. The van der Waals surface area contributed by atoms with Gasteiger partial charge in [-0.1, -0.05) is 0 Å². The van der Waals surface area contributed by atoms with Crippen LogP contribution in [0.15, 0.2) is 18.5 Å². The lowest BCUT2D eigenvalue weighted by atomic mass is 9.99. The highest BCUT2D eigenvalue weighted by atomic mass is 16.3. The van der Waals surface area contributed by atoms with Crippen LogP contribution in [0.4, 0.5) is 5.69 Å². The van der Waals surface area contributed by atoms with Crippen LogP contribution in [0.3, 0.4) is 0 Å². The van der Waals surface area contributed by atoms with Gasteiger partial charge in [-0.2, -0.15) is 0 Å². The monoisotopic (exact) mass is 164 g/mol. The molecule has 0 bridgehead atoms. The Labute approximate surface area is 69.2 Å². The van der Waals surface area contributed by atoms with Crippen molar-refractivity contribution in [2.75, 3.05) is 5.32 Å². The number of nitrogens with zero attached hydrogens (tertiary/aromatic N) is 1. The van der Waals surface area contributed by atoms with Crippen molar-refractivity contribution in [2.24, 2.45) is 0 Å². The Kier molecular flexibility index (Phi) is 1.23. The summed E-state index contributed by atoms with van der Waals surface area (Å²) in [4.78, 5) is 15.0. The Bertz CT molecular complexity index is 347. The maximum atomic E-state index is 11.2. The van der Waals surface area contributed by atoms with E-state index in [1.807, 2.05) is 0 Å². The molecule has 1 atom stereocenters. The van der Waals surface area contributed by atoms with Crippen LogP contribution < -0.4 is 5.32 Å². The molecule has 1 aromatic heterocycles. The number of fused-ring (bicyclic) bond motifs is 1. The lowest BCUT2D eigenvalue weighted by Crippen LogP contribution is -2.30. The van der Waals surface area contributed by atoms with Crippen LogP contribution in [0.25, 0.3) is 0 Å². The van der Waals surface area contributed by atoms with E-state index in [9.17, 15) is 9.90 Å². The van der Waals surface area contributed by atoms with Gasteiger partial charge in [0.2, 0.25) is 0 Å². The largest absolute Gasteiger partial charge is 0.375 e.